The Kier molecular flexibility index (Phi) is 7.86. The molecule has 0 spiro atoms. The van der Waals surface area contributed by atoms with Crippen LogP contribution >= 0.6 is 0 Å². The van der Waals surface area contributed by atoms with E-state index in [1.807, 2.05) is 0 Å². The van der Waals surface area contributed by atoms with E-state index in [0.717, 1.165) is 5.56 Å². The Labute approximate surface area is 189 Å². The van der Waals surface area contributed by atoms with E-state index >= 15 is 0 Å². The zero-order valence-corrected chi connectivity index (χ0v) is 18.0. The molecule has 5 N–H and O–H groups in total. The number of aromatic hydroxyl groups is 1. The summed E-state index contributed by atoms with van der Waals surface area (Å²) >= 11 is 0. The van der Waals surface area contributed by atoms with Gasteiger partial charge in [-0.1, -0.05) is 12.1 Å². The van der Waals surface area contributed by atoms with Crippen molar-refractivity contribution in [2.75, 3.05) is 19.8 Å². The smallest absolute Gasteiger partial charge is 0.274 e. The molecule has 3 rings (SSSR count). The Hall–Kier alpha value is -3.63. The van der Waals surface area contributed by atoms with Crippen LogP contribution in [-0.4, -0.2) is 62.9 Å². The van der Waals surface area contributed by atoms with Crippen LogP contribution < -0.4 is 10.6 Å². The molecule has 0 radical (unpaired) electrons. The highest BCUT2D eigenvalue weighted by Gasteiger charge is 2.24. The van der Waals surface area contributed by atoms with Gasteiger partial charge in [0, 0.05) is 30.8 Å². The number of hydrogen-bond acceptors (Lipinski definition) is 7. The number of aliphatic hydroxyl groups is 2. The third-order valence-electron chi connectivity index (χ3n) is 4.90. The molecule has 2 aromatic heterocycles. The van der Waals surface area contributed by atoms with Crippen LogP contribution in [0.2, 0.25) is 0 Å². The zero-order chi connectivity index (χ0) is 24.0. The van der Waals surface area contributed by atoms with Gasteiger partial charge in [0.2, 0.25) is 0 Å². The molecular weight excluding hydrogens is 431 g/mol. The van der Waals surface area contributed by atoms with E-state index in [1.54, 1.807) is 25.1 Å². The summed E-state index contributed by atoms with van der Waals surface area (Å²) in [5.41, 5.74) is 1.01. The van der Waals surface area contributed by atoms with Crippen molar-refractivity contribution in [3.8, 4) is 5.75 Å². The van der Waals surface area contributed by atoms with Crippen LogP contribution in [0.1, 0.15) is 45.4 Å². The summed E-state index contributed by atoms with van der Waals surface area (Å²) in [4.78, 5) is 33.8. The van der Waals surface area contributed by atoms with Crippen molar-refractivity contribution in [1.82, 2.24) is 20.6 Å². The Morgan fingerprint density at radius 1 is 1.09 bits per heavy atom. The van der Waals surface area contributed by atoms with Crippen LogP contribution in [0.4, 0.5) is 4.39 Å². The Morgan fingerprint density at radius 2 is 1.82 bits per heavy atom. The van der Waals surface area contributed by atoms with E-state index in [0.29, 0.717) is 18.4 Å². The normalized spacial score (nSPS) is 11.9. The molecule has 0 aliphatic carbocycles. The van der Waals surface area contributed by atoms with Gasteiger partial charge < -0.3 is 26.0 Å². The molecule has 3 aromatic rings. The van der Waals surface area contributed by atoms with Crippen LogP contribution in [-0.2, 0) is 6.42 Å². The Balaban J connectivity index is 2.06. The van der Waals surface area contributed by atoms with Crippen LogP contribution in [0.25, 0.3) is 10.9 Å². The molecule has 0 fully saturated rings. The molecule has 2 heterocycles. The van der Waals surface area contributed by atoms with Crippen LogP contribution in [0.3, 0.4) is 0 Å². The number of carbonyl (C=O) groups is 2. The van der Waals surface area contributed by atoms with Crippen LogP contribution in [0, 0.1) is 5.82 Å². The monoisotopic (exact) mass is 456 g/mol. The SMILES string of the molecule is CC(CO)NC(=O)c1nc(C(=O)NCCCO)c2cc(Cc3ccc(F)cc3)cnc2c1O. The number of nitrogens with one attached hydrogen (secondary N) is 2. The van der Waals surface area contributed by atoms with Crippen molar-refractivity contribution in [3.05, 3.63) is 64.9 Å². The maximum atomic E-state index is 13.2. The van der Waals surface area contributed by atoms with Gasteiger partial charge in [-0.3, -0.25) is 14.6 Å². The third-order valence-corrected chi connectivity index (χ3v) is 4.90. The van der Waals surface area contributed by atoms with E-state index in [1.165, 1.54) is 18.3 Å². The fourth-order valence-corrected chi connectivity index (χ4v) is 3.18. The van der Waals surface area contributed by atoms with Crippen molar-refractivity contribution in [2.45, 2.75) is 25.8 Å². The van der Waals surface area contributed by atoms with Gasteiger partial charge in [0.25, 0.3) is 11.8 Å². The molecule has 0 aliphatic rings. The molecule has 174 valence electrons. The number of amides is 2. The number of rotatable bonds is 9. The highest BCUT2D eigenvalue weighted by Crippen LogP contribution is 2.29. The first-order chi connectivity index (χ1) is 15.8. The second-order valence-electron chi connectivity index (χ2n) is 7.59. The molecule has 0 saturated heterocycles. The van der Waals surface area contributed by atoms with Gasteiger partial charge in [-0.15, -0.1) is 0 Å². The number of aliphatic hydroxyl groups excluding tert-OH is 2. The summed E-state index contributed by atoms with van der Waals surface area (Å²) in [5, 5.41) is 34.2. The lowest BCUT2D eigenvalue weighted by Crippen LogP contribution is -2.36. The predicted octanol–water partition coefficient (Wildman–Crippen LogP) is 1.29. The van der Waals surface area contributed by atoms with E-state index in [4.69, 9.17) is 5.11 Å². The molecule has 33 heavy (non-hydrogen) atoms. The molecule has 1 unspecified atom stereocenters. The van der Waals surface area contributed by atoms with Gasteiger partial charge in [0.15, 0.2) is 11.4 Å². The average molecular weight is 456 g/mol. The van der Waals surface area contributed by atoms with Crippen LogP contribution in [0.5, 0.6) is 5.75 Å². The molecule has 0 saturated carbocycles. The number of benzene rings is 1. The standard InChI is InChI=1S/C23H25FN4O5/c1-13(12-30)27-23(33)20-21(31)18-17(19(28-20)22(32)25-7-2-8-29)10-15(11-26-18)9-14-3-5-16(24)6-4-14/h3-6,10-11,13,29-31H,2,7-9,12H2,1H3,(H,25,32)(H,27,33). The van der Waals surface area contributed by atoms with Gasteiger partial charge in [0.1, 0.15) is 17.0 Å². The van der Waals surface area contributed by atoms with Gasteiger partial charge in [-0.2, -0.15) is 0 Å². The number of pyridine rings is 2. The summed E-state index contributed by atoms with van der Waals surface area (Å²) in [6, 6.07) is 6.99. The highest BCUT2D eigenvalue weighted by molar-refractivity contribution is 6.09. The first-order valence-corrected chi connectivity index (χ1v) is 10.4. The van der Waals surface area contributed by atoms with Crippen molar-refractivity contribution in [2.24, 2.45) is 0 Å². The second-order valence-corrected chi connectivity index (χ2v) is 7.59. The largest absolute Gasteiger partial charge is 0.504 e. The quantitative estimate of drug-likeness (QED) is 0.305. The summed E-state index contributed by atoms with van der Waals surface area (Å²) in [6.07, 6.45) is 2.22. The summed E-state index contributed by atoms with van der Waals surface area (Å²) in [5.74, 6) is -2.21. The van der Waals surface area contributed by atoms with Crippen molar-refractivity contribution >= 4 is 22.7 Å². The highest BCUT2D eigenvalue weighted by atomic mass is 19.1. The zero-order valence-electron chi connectivity index (χ0n) is 18.0. The molecule has 0 bridgehead atoms. The van der Waals surface area contributed by atoms with Crippen molar-refractivity contribution < 1.29 is 29.3 Å². The van der Waals surface area contributed by atoms with Crippen molar-refractivity contribution in [3.63, 3.8) is 0 Å². The maximum absolute atomic E-state index is 13.2. The maximum Gasteiger partial charge on any atom is 0.274 e. The fraction of sp³-hybridized carbons (Fsp3) is 0.304. The van der Waals surface area contributed by atoms with Gasteiger partial charge >= 0.3 is 0 Å². The lowest BCUT2D eigenvalue weighted by Gasteiger charge is -2.15. The molecule has 1 aromatic carbocycles. The number of fused-ring (bicyclic) bond motifs is 1. The number of carbonyl (C=O) groups excluding carboxylic acids is 2. The number of nitrogens with zero attached hydrogens (tertiary/aromatic N) is 2. The van der Waals surface area contributed by atoms with E-state index in [2.05, 4.69) is 20.6 Å². The number of aromatic nitrogens is 2. The first-order valence-electron chi connectivity index (χ1n) is 10.4. The van der Waals surface area contributed by atoms with E-state index < -0.39 is 29.3 Å². The van der Waals surface area contributed by atoms with E-state index in [9.17, 15) is 24.2 Å². The minimum Gasteiger partial charge on any atom is -0.504 e. The van der Waals surface area contributed by atoms with Gasteiger partial charge in [0.05, 0.1) is 6.61 Å². The fourth-order valence-electron chi connectivity index (χ4n) is 3.18. The Bertz CT molecular complexity index is 1150. The minimum absolute atomic E-state index is 0.0157. The van der Waals surface area contributed by atoms with Gasteiger partial charge in [-0.05, 0) is 49.1 Å². The predicted molar refractivity (Wildman–Crippen MR) is 118 cm³/mol. The number of halogens is 1. The summed E-state index contributed by atoms with van der Waals surface area (Å²) in [7, 11) is 0. The number of hydrogen-bond donors (Lipinski definition) is 5. The second kappa shape index (κ2) is 10.8. The molecule has 9 nitrogen and oxygen atoms in total. The van der Waals surface area contributed by atoms with Crippen molar-refractivity contribution in [1.29, 1.82) is 0 Å². The molecular formula is C23H25FN4O5. The third kappa shape index (κ3) is 5.79. The van der Waals surface area contributed by atoms with Gasteiger partial charge in [-0.25, -0.2) is 9.37 Å². The first kappa shape index (κ1) is 24.0. The molecule has 10 heteroatoms. The molecule has 1 atom stereocenters. The van der Waals surface area contributed by atoms with Crippen LogP contribution in [0.15, 0.2) is 36.5 Å². The Morgan fingerprint density at radius 3 is 2.48 bits per heavy atom. The summed E-state index contributed by atoms with van der Waals surface area (Å²) < 4.78 is 13.2. The average Bonchev–Trinajstić information content (AvgIpc) is 2.80. The minimum atomic E-state index is -0.766. The van der Waals surface area contributed by atoms with E-state index in [-0.39, 0.29) is 42.2 Å². The lowest BCUT2D eigenvalue weighted by molar-refractivity contribution is 0.0914. The lowest BCUT2D eigenvalue weighted by atomic mass is 10.0. The molecule has 2 amide bonds. The summed E-state index contributed by atoms with van der Waals surface area (Å²) in [6.45, 7) is 1.32. The molecule has 0 aliphatic heterocycles. The topological polar surface area (TPSA) is 145 Å².